The zero-order chi connectivity index (χ0) is 14.4. The molecular weight excluding hydrogens is 262 g/mol. The van der Waals surface area contributed by atoms with Crippen LogP contribution in [0.2, 0.25) is 0 Å². The molecule has 104 valence electrons. The van der Waals surface area contributed by atoms with Crippen molar-refractivity contribution in [3.63, 3.8) is 0 Å². The minimum atomic E-state index is -0.927. The van der Waals surface area contributed by atoms with Crippen molar-refractivity contribution in [2.45, 2.75) is 6.10 Å². The summed E-state index contributed by atoms with van der Waals surface area (Å²) in [6.07, 6.45) is 4.83. The van der Waals surface area contributed by atoms with E-state index in [1.807, 2.05) is 0 Å². The Morgan fingerprint density at radius 2 is 2.20 bits per heavy atom. The first kappa shape index (κ1) is 13.8. The lowest BCUT2D eigenvalue weighted by Gasteiger charge is -2.10. The Morgan fingerprint density at radius 3 is 2.85 bits per heavy atom. The Bertz CT molecular complexity index is 569. The van der Waals surface area contributed by atoms with Gasteiger partial charge in [0, 0.05) is 18.3 Å². The average molecular weight is 275 g/mol. The fourth-order valence-electron chi connectivity index (χ4n) is 1.48. The van der Waals surface area contributed by atoms with Gasteiger partial charge in [-0.1, -0.05) is 0 Å². The van der Waals surface area contributed by atoms with Crippen LogP contribution in [-0.4, -0.2) is 28.4 Å². The van der Waals surface area contributed by atoms with Crippen molar-refractivity contribution < 1.29 is 19.1 Å². The van der Waals surface area contributed by atoms with Gasteiger partial charge in [-0.25, -0.2) is 0 Å². The molecule has 0 spiro atoms. The molecule has 2 heterocycles. The number of rotatable bonds is 4. The number of carbonyl (C=O) groups is 2. The van der Waals surface area contributed by atoms with Crippen molar-refractivity contribution in [1.29, 1.82) is 0 Å². The number of nitrogens with one attached hydrogen (secondary N) is 2. The molecule has 1 atom stereocenters. The van der Waals surface area contributed by atoms with E-state index in [4.69, 9.17) is 4.42 Å². The Hall–Kier alpha value is -2.67. The fraction of sp³-hybridized carbons (Fsp3) is 0.154. The van der Waals surface area contributed by atoms with E-state index in [9.17, 15) is 14.7 Å². The van der Waals surface area contributed by atoms with E-state index in [1.165, 1.54) is 18.7 Å². The Balaban J connectivity index is 1.81. The molecule has 0 aliphatic carbocycles. The molecule has 2 amide bonds. The number of amides is 2. The van der Waals surface area contributed by atoms with Crippen molar-refractivity contribution in [2.75, 3.05) is 11.9 Å². The number of aromatic nitrogens is 1. The summed E-state index contributed by atoms with van der Waals surface area (Å²) in [5, 5.41) is 14.4. The molecule has 0 aromatic carbocycles. The number of aliphatic hydroxyl groups excluding tert-OH is 1. The summed E-state index contributed by atoms with van der Waals surface area (Å²) >= 11 is 0. The second-order valence-electron chi connectivity index (χ2n) is 3.98. The highest BCUT2D eigenvalue weighted by atomic mass is 16.3. The zero-order valence-corrected chi connectivity index (χ0v) is 10.4. The van der Waals surface area contributed by atoms with Crippen molar-refractivity contribution in [1.82, 2.24) is 10.3 Å². The minimum Gasteiger partial charge on any atom is -0.472 e. The smallest absolute Gasteiger partial charge is 0.313 e. The van der Waals surface area contributed by atoms with Crippen molar-refractivity contribution in [3.05, 3.63) is 48.7 Å². The van der Waals surface area contributed by atoms with Crippen LogP contribution in [0.5, 0.6) is 0 Å². The summed E-state index contributed by atoms with van der Waals surface area (Å²) in [5.41, 5.74) is 0.945. The predicted octanol–water partition coefficient (Wildman–Crippen LogP) is 0.463. The van der Waals surface area contributed by atoms with Crippen LogP contribution in [0.4, 0.5) is 5.69 Å². The molecule has 0 saturated carbocycles. The van der Waals surface area contributed by atoms with Gasteiger partial charge in [-0.2, -0.15) is 0 Å². The second kappa shape index (κ2) is 6.48. The van der Waals surface area contributed by atoms with Crippen LogP contribution in [0.3, 0.4) is 0 Å². The summed E-state index contributed by atoms with van der Waals surface area (Å²) in [4.78, 5) is 26.9. The van der Waals surface area contributed by atoms with Gasteiger partial charge in [0.15, 0.2) is 0 Å². The van der Waals surface area contributed by atoms with Crippen LogP contribution in [-0.2, 0) is 9.59 Å². The Labute approximate surface area is 114 Å². The summed E-state index contributed by atoms with van der Waals surface area (Å²) < 4.78 is 4.81. The number of furan rings is 1. The molecule has 0 unspecified atom stereocenters. The van der Waals surface area contributed by atoms with Gasteiger partial charge in [-0.05, 0) is 18.2 Å². The van der Waals surface area contributed by atoms with Gasteiger partial charge in [-0.3, -0.25) is 14.6 Å². The molecule has 2 rings (SSSR count). The molecule has 0 aliphatic rings. The molecular formula is C13H13N3O4. The third-order valence-electron chi connectivity index (χ3n) is 2.51. The highest BCUT2D eigenvalue weighted by Crippen LogP contribution is 2.11. The van der Waals surface area contributed by atoms with E-state index in [0.29, 0.717) is 11.3 Å². The normalized spacial score (nSPS) is 11.7. The van der Waals surface area contributed by atoms with Gasteiger partial charge < -0.3 is 20.2 Å². The van der Waals surface area contributed by atoms with E-state index >= 15 is 0 Å². The number of carbonyl (C=O) groups excluding carboxylic acids is 2. The van der Waals surface area contributed by atoms with Crippen molar-refractivity contribution in [2.24, 2.45) is 0 Å². The van der Waals surface area contributed by atoms with Gasteiger partial charge in [0.2, 0.25) is 0 Å². The molecule has 20 heavy (non-hydrogen) atoms. The van der Waals surface area contributed by atoms with Gasteiger partial charge in [0.1, 0.15) is 0 Å². The molecule has 0 fully saturated rings. The zero-order valence-electron chi connectivity index (χ0n) is 10.4. The molecule has 0 radical (unpaired) electrons. The molecule has 0 saturated heterocycles. The lowest BCUT2D eigenvalue weighted by atomic mass is 10.2. The monoisotopic (exact) mass is 275 g/mol. The van der Waals surface area contributed by atoms with E-state index in [0.717, 1.165) is 0 Å². The van der Waals surface area contributed by atoms with Crippen LogP contribution in [0.25, 0.3) is 0 Å². The Morgan fingerprint density at radius 1 is 1.35 bits per heavy atom. The van der Waals surface area contributed by atoms with Crippen LogP contribution in [0.1, 0.15) is 11.7 Å². The molecule has 0 bridgehead atoms. The first-order valence-electron chi connectivity index (χ1n) is 5.86. The quantitative estimate of drug-likeness (QED) is 0.703. The molecule has 0 aliphatic heterocycles. The number of aliphatic hydroxyl groups is 1. The van der Waals surface area contributed by atoms with E-state index in [1.54, 1.807) is 24.4 Å². The van der Waals surface area contributed by atoms with E-state index in [2.05, 4.69) is 15.6 Å². The van der Waals surface area contributed by atoms with E-state index in [-0.39, 0.29) is 6.54 Å². The summed E-state index contributed by atoms with van der Waals surface area (Å²) in [6, 6.07) is 4.82. The third kappa shape index (κ3) is 3.66. The van der Waals surface area contributed by atoms with Crippen molar-refractivity contribution >= 4 is 17.5 Å². The molecule has 7 heteroatoms. The standard InChI is InChI=1S/C13H13N3O4/c17-11(9-3-5-20-8-9)7-15-12(18)13(19)16-10-2-1-4-14-6-10/h1-6,8,11,17H,7H2,(H,15,18)(H,16,19)/t11-/m1/s1. The first-order valence-corrected chi connectivity index (χ1v) is 5.86. The topological polar surface area (TPSA) is 104 Å². The SMILES string of the molecule is O=C(NC[C@@H](O)c1ccoc1)C(=O)Nc1cccnc1. The largest absolute Gasteiger partial charge is 0.472 e. The molecule has 7 nitrogen and oxygen atoms in total. The highest BCUT2D eigenvalue weighted by Gasteiger charge is 2.16. The number of pyridine rings is 1. The van der Waals surface area contributed by atoms with Crippen LogP contribution < -0.4 is 10.6 Å². The molecule has 3 N–H and O–H groups in total. The van der Waals surface area contributed by atoms with E-state index < -0.39 is 17.9 Å². The predicted molar refractivity (Wildman–Crippen MR) is 69.5 cm³/mol. The van der Waals surface area contributed by atoms with Gasteiger partial charge in [0.05, 0.1) is 30.5 Å². The summed E-state index contributed by atoms with van der Waals surface area (Å²) in [6.45, 7) is -0.0845. The van der Waals surface area contributed by atoms with Crippen LogP contribution in [0, 0.1) is 0 Å². The van der Waals surface area contributed by atoms with Crippen molar-refractivity contribution in [3.8, 4) is 0 Å². The van der Waals surface area contributed by atoms with Gasteiger partial charge in [0.25, 0.3) is 0 Å². The van der Waals surface area contributed by atoms with Gasteiger partial charge >= 0.3 is 11.8 Å². The summed E-state index contributed by atoms with van der Waals surface area (Å²) in [7, 11) is 0. The minimum absolute atomic E-state index is 0.0845. The Kier molecular flexibility index (Phi) is 4.46. The number of hydrogen-bond donors (Lipinski definition) is 3. The summed E-state index contributed by atoms with van der Waals surface area (Å²) in [5.74, 6) is -1.66. The maximum atomic E-state index is 11.6. The average Bonchev–Trinajstić information content (AvgIpc) is 2.99. The highest BCUT2D eigenvalue weighted by molar-refractivity contribution is 6.39. The van der Waals surface area contributed by atoms with Gasteiger partial charge in [-0.15, -0.1) is 0 Å². The lowest BCUT2D eigenvalue weighted by molar-refractivity contribution is -0.136. The number of anilines is 1. The number of hydrogen-bond acceptors (Lipinski definition) is 5. The molecule has 2 aromatic heterocycles. The second-order valence-corrected chi connectivity index (χ2v) is 3.98. The third-order valence-corrected chi connectivity index (χ3v) is 2.51. The number of nitrogens with zero attached hydrogens (tertiary/aromatic N) is 1. The fourth-order valence-corrected chi connectivity index (χ4v) is 1.48. The van der Waals surface area contributed by atoms with Crippen LogP contribution >= 0.6 is 0 Å². The maximum Gasteiger partial charge on any atom is 0.313 e. The van der Waals surface area contributed by atoms with Crippen LogP contribution in [0.15, 0.2) is 47.5 Å². The maximum absolute atomic E-state index is 11.6. The molecule has 2 aromatic rings. The first-order chi connectivity index (χ1) is 9.66. The lowest BCUT2D eigenvalue weighted by Crippen LogP contribution is -2.37.